The van der Waals surface area contributed by atoms with Crippen molar-refractivity contribution >= 4 is 5.97 Å². The third-order valence-electron chi connectivity index (χ3n) is 3.58. The molecule has 0 saturated heterocycles. The van der Waals surface area contributed by atoms with Gasteiger partial charge in [-0.25, -0.2) is 4.79 Å². The molecule has 0 atom stereocenters. The molecule has 120 valence electrons. The number of carbonyl (C=O) groups excluding carboxylic acids is 1. The molecular formula is C21H18O3. The molecule has 3 heteroatoms. The molecule has 0 bridgehead atoms. The van der Waals surface area contributed by atoms with Crippen LogP contribution in [0.2, 0.25) is 0 Å². The van der Waals surface area contributed by atoms with Gasteiger partial charge in [0.15, 0.2) is 0 Å². The summed E-state index contributed by atoms with van der Waals surface area (Å²) in [5.41, 5.74) is 2.81. The predicted molar refractivity (Wildman–Crippen MR) is 93.8 cm³/mol. The highest BCUT2D eigenvalue weighted by Gasteiger charge is 2.08. The molecule has 0 N–H and O–H groups in total. The zero-order valence-electron chi connectivity index (χ0n) is 13.7. The molecule has 0 aliphatic heterocycles. The highest BCUT2D eigenvalue weighted by Crippen LogP contribution is 2.24. The fraction of sp³-hybridized carbons (Fsp3) is 0.0952. The SMILES string of the molecule is Cc1ccc(Oc2ccc(OC(=O)c3ccc(C)cc3)cc2)cc1. The van der Waals surface area contributed by atoms with Gasteiger partial charge in [0.2, 0.25) is 0 Å². The van der Waals surface area contributed by atoms with Crippen molar-refractivity contribution in [2.45, 2.75) is 13.8 Å². The van der Waals surface area contributed by atoms with Gasteiger partial charge in [0, 0.05) is 0 Å². The molecule has 3 nitrogen and oxygen atoms in total. The van der Waals surface area contributed by atoms with E-state index in [1.807, 2.05) is 50.2 Å². The number of aryl methyl sites for hydroxylation is 2. The van der Waals surface area contributed by atoms with Crippen molar-refractivity contribution in [3.63, 3.8) is 0 Å². The third-order valence-corrected chi connectivity index (χ3v) is 3.58. The van der Waals surface area contributed by atoms with Gasteiger partial charge in [0.1, 0.15) is 17.2 Å². The number of ether oxygens (including phenoxy) is 2. The zero-order valence-corrected chi connectivity index (χ0v) is 13.7. The van der Waals surface area contributed by atoms with Crippen LogP contribution in [-0.2, 0) is 0 Å². The fourth-order valence-corrected chi connectivity index (χ4v) is 2.17. The van der Waals surface area contributed by atoms with Crippen molar-refractivity contribution in [3.8, 4) is 17.2 Å². The first-order valence-electron chi connectivity index (χ1n) is 7.73. The van der Waals surface area contributed by atoms with E-state index in [4.69, 9.17) is 9.47 Å². The Balaban J connectivity index is 1.64. The fourth-order valence-electron chi connectivity index (χ4n) is 2.17. The largest absolute Gasteiger partial charge is 0.457 e. The van der Waals surface area contributed by atoms with E-state index in [9.17, 15) is 4.79 Å². The van der Waals surface area contributed by atoms with Gasteiger partial charge in [0.25, 0.3) is 0 Å². The molecular weight excluding hydrogens is 300 g/mol. The van der Waals surface area contributed by atoms with Crippen LogP contribution in [0.3, 0.4) is 0 Å². The molecule has 0 heterocycles. The van der Waals surface area contributed by atoms with E-state index < -0.39 is 0 Å². The summed E-state index contributed by atoms with van der Waals surface area (Å²) < 4.78 is 11.1. The molecule has 3 aromatic carbocycles. The molecule has 0 spiro atoms. The van der Waals surface area contributed by atoms with Crippen LogP contribution in [0, 0.1) is 13.8 Å². The minimum absolute atomic E-state index is 0.373. The van der Waals surface area contributed by atoms with Crippen molar-refractivity contribution in [1.29, 1.82) is 0 Å². The highest BCUT2D eigenvalue weighted by molar-refractivity contribution is 5.91. The summed E-state index contributed by atoms with van der Waals surface area (Å²) >= 11 is 0. The van der Waals surface area contributed by atoms with Gasteiger partial charge >= 0.3 is 5.97 Å². The van der Waals surface area contributed by atoms with Gasteiger partial charge in [-0.2, -0.15) is 0 Å². The number of carbonyl (C=O) groups is 1. The number of hydrogen-bond donors (Lipinski definition) is 0. The molecule has 0 aromatic heterocycles. The summed E-state index contributed by atoms with van der Waals surface area (Å²) in [4.78, 5) is 12.1. The van der Waals surface area contributed by atoms with Gasteiger partial charge in [-0.15, -0.1) is 0 Å². The second-order valence-electron chi connectivity index (χ2n) is 5.64. The third kappa shape index (κ3) is 4.02. The van der Waals surface area contributed by atoms with Crippen LogP contribution in [0.5, 0.6) is 17.2 Å². The van der Waals surface area contributed by atoms with E-state index in [1.54, 1.807) is 36.4 Å². The van der Waals surface area contributed by atoms with Crippen LogP contribution in [0.4, 0.5) is 0 Å². The van der Waals surface area contributed by atoms with Crippen molar-refractivity contribution in [1.82, 2.24) is 0 Å². The predicted octanol–water partition coefficient (Wildman–Crippen LogP) is 5.31. The lowest BCUT2D eigenvalue weighted by molar-refractivity contribution is 0.0734. The maximum atomic E-state index is 12.1. The van der Waals surface area contributed by atoms with Crippen molar-refractivity contribution < 1.29 is 14.3 Å². The second-order valence-corrected chi connectivity index (χ2v) is 5.64. The Kier molecular flexibility index (Phi) is 4.62. The smallest absolute Gasteiger partial charge is 0.343 e. The molecule has 0 saturated carbocycles. The number of benzene rings is 3. The van der Waals surface area contributed by atoms with Gasteiger partial charge < -0.3 is 9.47 Å². The van der Waals surface area contributed by atoms with E-state index in [2.05, 4.69) is 0 Å². The quantitative estimate of drug-likeness (QED) is 0.483. The first kappa shape index (κ1) is 15.8. The molecule has 0 radical (unpaired) electrons. The average Bonchev–Trinajstić information content (AvgIpc) is 2.59. The molecule has 3 rings (SSSR count). The Labute approximate surface area is 141 Å². The zero-order chi connectivity index (χ0) is 16.9. The van der Waals surface area contributed by atoms with E-state index in [0.29, 0.717) is 17.1 Å². The number of hydrogen-bond acceptors (Lipinski definition) is 3. The van der Waals surface area contributed by atoms with E-state index >= 15 is 0 Å². The van der Waals surface area contributed by atoms with Crippen LogP contribution in [-0.4, -0.2) is 5.97 Å². The van der Waals surface area contributed by atoms with Crippen LogP contribution in [0.1, 0.15) is 21.5 Å². The maximum Gasteiger partial charge on any atom is 0.343 e. The van der Waals surface area contributed by atoms with Gasteiger partial charge in [-0.1, -0.05) is 35.4 Å². The Bertz CT molecular complexity index is 816. The van der Waals surface area contributed by atoms with Crippen LogP contribution < -0.4 is 9.47 Å². The molecule has 3 aromatic rings. The van der Waals surface area contributed by atoms with Gasteiger partial charge in [0.05, 0.1) is 5.56 Å². The van der Waals surface area contributed by atoms with Gasteiger partial charge in [-0.3, -0.25) is 0 Å². The summed E-state index contributed by atoms with van der Waals surface area (Å²) in [6.07, 6.45) is 0. The molecule has 0 aliphatic carbocycles. The monoisotopic (exact) mass is 318 g/mol. The van der Waals surface area contributed by atoms with E-state index in [1.165, 1.54) is 5.56 Å². The molecule has 0 unspecified atom stereocenters. The molecule has 0 fully saturated rings. The molecule has 0 amide bonds. The minimum Gasteiger partial charge on any atom is -0.457 e. The van der Waals surface area contributed by atoms with Crippen LogP contribution in [0.15, 0.2) is 72.8 Å². The lowest BCUT2D eigenvalue weighted by atomic mass is 10.1. The Morgan fingerprint density at radius 1 is 0.625 bits per heavy atom. The van der Waals surface area contributed by atoms with Crippen molar-refractivity contribution in [3.05, 3.63) is 89.5 Å². The summed E-state index contributed by atoms with van der Waals surface area (Å²) in [6, 6.07) is 22.1. The first-order valence-corrected chi connectivity index (χ1v) is 7.73. The van der Waals surface area contributed by atoms with E-state index in [0.717, 1.165) is 11.3 Å². The lowest BCUT2D eigenvalue weighted by Gasteiger charge is -2.08. The Hall–Kier alpha value is -3.07. The molecule has 24 heavy (non-hydrogen) atoms. The number of rotatable bonds is 4. The van der Waals surface area contributed by atoms with Crippen molar-refractivity contribution in [2.24, 2.45) is 0 Å². The summed E-state index contributed by atoms with van der Waals surface area (Å²) in [5.74, 6) is 1.57. The Morgan fingerprint density at radius 2 is 1.04 bits per heavy atom. The first-order chi connectivity index (χ1) is 11.6. The lowest BCUT2D eigenvalue weighted by Crippen LogP contribution is -2.08. The van der Waals surface area contributed by atoms with Gasteiger partial charge in [-0.05, 0) is 62.4 Å². The average molecular weight is 318 g/mol. The number of esters is 1. The summed E-state index contributed by atoms with van der Waals surface area (Å²) in [5, 5.41) is 0. The molecule has 0 aliphatic rings. The van der Waals surface area contributed by atoms with Crippen LogP contribution >= 0.6 is 0 Å². The minimum atomic E-state index is -0.373. The summed E-state index contributed by atoms with van der Waals surface area (Å²) in [7, 11) is 0. The second kappa shape index (κ2) is 7.01. The maximum absolute atomic E-state index is 12.1. The normalized spacial score (nSPS) is 10.2. The van der Waals surface area contributed by atoms with Crippen molar-refractivity contribution in [2.75, 3.05) is 0 Å². The Morgan fingerprint density at radius 3 is 1.58 bits per heavy atom. The highest BCUT2D eigenvalue weighted by atomic mass is 16.5. The topological polar surface area (TPSA) is 35.5 Å². The standard InChI is InChI=1S/C21H18O3/c1-15-3-7-17(8-4-15)21(22)24-20-13-11-19(12-14-20)23-18-9-5-16(2)6-10-18/h3-14H,1-2H3. The summed E-state index contributed by atoms with van der Waals surface area (Å²) in [6.45, 7) is 4.00. The van der Waals surface area contributed by atoms with Crippen LogP contribution in [0.25, 0.3) is 0 Å². The van der Waals surface area contributed by atoms with E-state index in [-0.39, 0.29) is 5.97 Å².